The summed E-state index contributed by atoms with van der Waals surface area (Å²) in [6.07, 6.45) is 0. The predicted octanol–water partition coefficient (Wildman–Crippen LogP) is 3.65. The molecule has 6 nitrogen and oxygen atoms in total. The standard InChI is InChI=1S/C21H28FN3O3/c1-15(2)25(21(27)23(4)5)14-20(26)24(13-19-11-6-16(3)28-19)12-17-7-9-18(22)10-8-17/h6-11,15H,12-14H2,1-5H3. The van der Waals surface area contributed by atoms with Gasteiger partial charge in [0.05, 0.1) is 6.54 Å². The van der Waals surface area contributed by atoms with Crippen LogP contribution in [0.1, 0.15) is 30.9 Å². The fraction of sp³-hybridized carbons (Fsp3) is 0.429. The molecule has 0 radical (unpaired) electrons. The molecule has 3 amide bonds. The van der Waals surface area contributed by atoms with Crippen molar-refractivity contribution in [2.45, 2.75) is 39.9 Å². The molecule has 152 valence electrons. The van der Waals surface area contributed by atoms with Crippen LogP contribution in [0.2, 0.25) is 0 Å². The van der Waals surface area contributed by atoms with Gasteiger partial charge >= 0.3 is 6.03 Å². The molecule has 0 N–H and O–H groups in total. The number of amides is 3. The average molecular weight is 389 g/mol. The lowest BCUT2D eigenvalue weighted by Gasteiger charge is -2.31. The van der Waals surface area contributed by atoms with E-state index >= 15 is 0 Å². The molecule has 7 heteroatoms. The van der Waals surface area contributed by atoms with Crippen LogP contribution >= 0.6 is 0 Å². The number of carbonyl (C=O) groups is 2. The van der Waals surface area contributed by atoms with Gasteiger partial charge in [0.15, 0.2) is 0 Å². The van der Waals surface area contributed by atoms with Crippen LogP contribution in [-0.4, -0.2) is 53.3 Å². The Labute approximate surface area is 165 Å². The van der Waals surface area contributed by atoms with Crippen LogP contribution in [0, 0.1) is 12.7 Å². The highest BCUT2D eigenvalue weighted by Gasteiger charge is 2.25. The third-order valence-electron chi connectivity index (χ3n) is 4.34. The van der Waals surface area contributed by atoms with Crippen molar-refractivity contribution < 1.29 is 18.4 Å². The Bertz CT molecular complexity index is 799. The van der Waals surface area contributed by atoms with E-state index in [1.807, 2.05) is 32.9 Å². The van der Waals surface area contributed by atoms with E-state index < -0.39 is 0 Å². The Balaban J connectivity index is 2.21. The Morgan fingerprint density at radius 1 is 1.04 bits per heavy atom. The molecule has 0 aliphatic carbocycles. The molecule has 2 rings (SSSR count). The third-order valence-corrected chi connectivity index (χ3v) is 4.34. The third kappa shape index (κ3) is 5.84. The van der Waals surface area contributed by atoms with Crippen LogP contribution in [0.25, 0.3) is 0 Å². The summed E-state index contributed by atoms with van der Waals surface area (Å²) in [5.41, 5.74) is 0.799. The molecule has 1 heterocycles. The van der Waals surface area contributed by atoms with Gasteiger partial charge in [-0.25, -0.2) is 9.18 Å². The van der Waals surface area contributed by atoms with E-state index in [-0.39, 0.29) is 36.9 Å². The van der Waals surface area contributed by atoms with Crippen LogP contribution in [0.3, 0.4) is 0 Å². The molecule has 0 saturated heterocycles. The summed E-state index contributed by atoms with van der Waals surface area (Å²) in [5.74, 6) is 0.881. The maximum atomic E-state index is 13.2. The van der Waals surface area contributed by atoms with Crippen LogP contribution in [0.4, 0.5) is 9.18 Å². The van der Waals surface area contributed by atoms with Crippen molar-refractivity contribution in [1.29, 1.82) is 0 Å². The molecule has 28 heavy (non-hydrogen) atoms. The van der Waals surface area contributed by atoms with Gasteiger partial charge in [-0.05, 0) is 50.6 Å². The first-order chi connectivity index (χ1) is 13.2. The number of aryl methyl sites for hydroxylation is 1. The SMILES string of the molecule is Cc1ccc(CN(Cc2ccc(F)cc2)C(=O)CN(C(=O)N(C)C)C(C)C)o1. The van der Waals surface area contributed by atoms with Crippen LogP contribution in [0.15, 0.2) is 40.8 Å². The van der Waals surface area contributed by atoms with Crippen molar-refractivity contribution in [3.63, 3.8) is 0 Å². The summed E-state index contributed by atoms with van der Waals surface area (Å²) in [5, 5.41) is 0. The van der Waals surface area contributed by atoms with Crippen molar-refractivity contribution >= 4 is 11.9 Å². The van der Waals surface area contributed by atoms with E-state index in [2.05, 4.69) is 0 Å². The van der Waals surface area contributed by atoms with E-state index in [0.717, 1.165) is 11.3 Å². The molecule has 0 saturated carbocycles. The van der Waals surface area contributed by atoms with Crippen LogP contribution < -0.4 is 0 Å². The van der Waals surface area contributed by atoms with Gasteiger partial charge in [0.25, 0.3) is 0 Å². The Kier molecular flexibility index (Phi) is 7.20. The fourth-order valence-corrected chi connectivity index (χ4v) is 2.77. The number of rotatable bonds is 7. The largest absolute Gasteiger partial charge is 0.464 e. The summed E-state index contributed by atoms with van der Waals surface area (Å²) in [4.78, 5) is 30.1. The molecule has 2 aromatic rings. The van der Waals surface area contributed by atoms with Gasteiger partial charge in [-0.15, -0.1) is 0 Å². The maximum Gasteiger partial charge on any atom is 0.320 e. The van der Waals surface area contributed by atoms with Gasteiger partial charge in [0, 0.05) is 26.7 Å². The topological polar surface area (TPSA) is 57.0 Å². The minimum absolute atomic E-state index is 0.0461. The first-order valence-corrected chi connectivity index (χ1v) is 9.23. The minimum atomic E-state index is -0.328. The van der Waals surface area contributed by atoms with Crippen molar-refractivity contribution in [1.82, 2.24) is 14.7 Å². The molecule has 0 aliphatic heterocycles. The van der Waals surface area contributed by atoms with Crippen molar-refractivity contribution in [2.75, 3.05) is 20.6 Å². The predicted molar refractivity (Wildman–Crippen MR) is 105 cm³/mol. The zero-order valence-electron chi connectivity index (χ0n) is 17.1. The highest BCUT2D eigenvalue weighted by Crippen LogP contribution is 2.15. The zero-order chi connectivity index (χ0) is 20.8. The number of halogens is 1. The van der Waals surface area contributed by atoms with Gasteiger partial charge in [-0.3, -0.25) is 4.79 Å². The summed E-state index contributed by atoms with van der Waals surface area (Å²) < 4.78 is 18.8. The molecular formula is C21H28FN3O3. The second kappa shape index (κ2) is 9.39. The smallest absolute Gasteiger partial charge is 0.320 e. The maximum absolute atomic E-state index is 13.2. The van der Waals surface area contributed by atoms with Crippen molar-refractivity contribution in [2.24, 2.45) is 0 Å². The summed E-state index contributed by atoms with van der Waals surface area (Å²) >= 11 is 0. The van der Waals surface area contributed by atoms with Gasteiger partial charge in [-0.1, -0.05) is 12.1 Å². The number of urea groups is 1. The lowest BCUT2D eigenvalue weighted by atomic mass is 10.2. The van der Waals surface area contributed by atoms with Crippen LogP contribution in [0.5, 0.6) is 0 Å². The summed E-state index contributed by atoms with van der Waals surface area (Å²) in [7, 11) is 3.31. The first-order valence-electron chi connectivity index (χ1n) is 9.23. The van der Waals surface area contributed by atoms with E-state index in [1.165, 1.54) is 21.9 Å². The second-order valence-electron chi connectivity index (χ2n) is 7.29. The molecule has 1 aromatic carbocycles. The van der Waals surface area contributed by atoms with E-state index in [9.17, 15) is 14.0 Å². The van der Waals surface area contributed by atoms with Gasteiger partial charge in [-0.2, -0.15) is 0 Å². The van der Waals surface area contributed by atoms with E-state index in [4.69, 9.17) is 4.42 Å². The fourth-order valence-electron chi connectivity index (χ4n) is 2.77. The molecule has 0 bridgehead atoms. The summed E-state index contributed by atoms with van der Waals surface area (Å²) in [6.45, 7) is 6.10. The molecule has 1 aromatic heterocycles. The van der Waals surface area contributed by atoms with E-state index in [0.29, 0.717) is 12.3 Å². The van der Waals surface area contributed by atoms with E-state index in [1.54, 1.807) is 31.1 Å². The number of hydrogen-bond acceptors (Lipinski definition) is 3. The molecular weight excluding hydrogens is 361 g/mol. The Hall–Kier alpha value is -2.83. The molecule has 0 unspecified atom stereocenters. The molecule has 0 aliphatic rings. The van der Waals surface area contributed by atoms with Crippen LogP contribution in [-0.2, 0) is 17.9 Å². The quantitative estimate of drug-likeness (QED) is 0.726. The normalized spacial score (nSPS) is 10.8. The minimum Gasteiger partial charge on any atom is -0.464 e. The lowest BCUT2D eigenvalue weighted by Crippen LogP contribution is -2.49. The van der Waals surface area contributed by atoms with Gasteiger partial charge in [0.1, 0.15) is 23.9 Å². The lowest BCUT2D eigenvalue weighted by molar-refractivity contribution is -0.133. The van der Waals surface area contributed by atoms with Gasteiger partial charge < -0.3 is 19.1 Å². The van der Waals surface area contributed by atoms with Gasteiger partial charge in [0.2, 0.25) is 5.91 Å². The zero-order valence-corrected chi connectivity index (χ0v) is 17.1. The Morgan fingerprint density at radius 3 is 2.18 bits per heavy atom. The Morgan fingerprint density at radius 2 is 1.68 bits per heavy atom. The summed E-state index contributed by atoms with van der Waals surface area (Å²) in [6, 6.07) is 9.34. The monoisotopic (exact) mass is 389 g/mol. The number of furan rings is 1. The molecule has 0 fully saturated rings. The van der Waals surface area contributed by atoms with Crippen molar-refractivity contribution in [3.05, 3.63) is 59.3 Å². The average Bonchev–Trinajstić information content (AvgIpc) is 3.04. The molecule has 0 atom stereocenters. The first kappa shape index (κ1) is 21.5. The molecule has 0 spiro atoms. The number of benzene rings is 1. The van der Waals surface area contributed by atoms with Crippen molar-refractivity contribution in [3.8, 4) is 0 Å². The highest BCUT2D eigenvalue weighted by molar-refractivity contribution is 5.84. The number of nitrogens with zero attached hydrogens (tertiary/aromatic N) is 3. The number of hydrogen-bond donors (Lipinski definition) is 0. The second-order valence-corrected chi connectivity index (χ2v) is 7.29. The number of carbonyl (C=O) groups excluding carboxylic acids is 2. The highest BCUT2D eigenvalue weighted by atomic mass is 19.1.